The summed E-state index contributed by atoms with van der Waals surface area (Å²) >= 11 is 5.91. The van der Waals surface area contributed by atoms with Gasteiger partial charge in [-0.3, -0.25) is 14.5 Å². The largest absolute Gasteiger partial charge is 0.508 e. The van der Waals surface area contributed by atoms with Gasteiger partial charge in [-0.05, 0) is 18.2 Å². The molecule has 1 saturated heterocycles. The van der Waals surface area contributed by atoms with Gasteiger partial charge < -0.3 is 15.3 Å². The van der Waals surface area contributed by atoms with Crippen LogP contribution in [0.3, 0.4) is 0 Å². The fourth-order valence-electron chi connectivity index (χ4n) is 1.57. The summed E-state index contributed by atoms with van der Waals surface area (Å²) in [5.41, 5.74) is 0.332. The third kappa shape index (κ3) is 2.91. The second-order valence-corrected chi connectivity index (χ2v) is 5.58. The number of carboxylic acid groups (broad SMARTS) is 1. The molecule has 8 heteroatoms. The normalized spacial score (nSPS) is 17.0. The van der Waals surface area contributed by atoms with E-state index in [9.17, 15) is 19.8 Å². The second kappa shape index (κ2) is 5.51. The third-order valence-electron chi connectivity index (χ3n) is 2.47. The van der Waals surface area contributed by atoms with Crippen LogP contribution in [0.2, 0.25) is 0 Å². The first kappa shape index (κ1) is 14.4. The van der Waals surface area contributed by atoms with E-state index >= 15 is 0 Å². The van der Waals surface area contributed by atoms with Gasteiger partial charge in [-0.15, -0.1) is 0 Å². The molecule has 1 heterocycles. The van der Waals surface area contributed by atoms with Crippen molar-refractivity contribution in [3.8, 4) is 11.5 Å². The number of carbonyl (C=O) groups is 2. The number of aromatic hydroxyl groups is 2. The molecule has 1 aliphatic heterocycles. The third-order valence-corrected chi connectivity index (χ3v) is 3.85. The van der Waals surface area contributed by atoms with Crippen LogP contribution in [0.25, 0.3) is 6.08 Å². The summed E-state index contributed by atoms with van der Waals surface area (Å²) in [5, 5.41) is 27.5. The van der Waals surface area contributed by atoms with E-state index in [0.29, 0.717) is 5.56 Å². The summed E-state index contributed by atoms with van der Waals surface area (Å²) in [6.07, 6.45) is 1.40. The van der Waals surface area contributed by atoms with Gasteiger partial charge in [-0.1, -0.05) is 24.0 Å². The zero-order valence-corrected chi connectivity index (χ0v) is 11.6. The standard InChI is InChI=1S/C12H9NO5S2/c14-7-2-1-6(8(15)4-7)3-9-11(18)13(5-10(16)17)12(19)20-9/h1-4,14-15H,5H2,(H,16,17)/b9-3+. The van der Waals surface area contributed by atoms with Crippen molar-refractivity contribution < 1.29 is 24.9 Å². The van der Waals surface area contributed by atoms with Crippen molar-refractivity contribution in [2.75, 3.05) is 6.54 Å². The van der Waals surface area contributed by atoms with E-state index in [1.807, 2.05) is 0 Å². The molecule has 0 spiro atoms. The number of phenols is 2. The summed E-state index contributed by atoms with van der Waals surface area (Å²) in [5.74, 6) is -1.96. The van der Waals surface area contributed by atoms with Gasteiger partial charge in [0.2, 0.25) is 0 Å². The lowest BCUT2D eigenvalue weighted by atomic mass is 10.1. The number of amides is 1. The Morgan fingerprint density at radius 1 is 1.40 bits per heavy atom. The van der Waals surface area contributed by atoms with E-state index in [0.717, 1.165) is 22.7 Å². The van der Waals surface area contributed by atoms with Crippen LogP contribution < -0.4 is 0 Å². The summed E-state index contributed by atoms with van der Waals surface area (Å²) in [6, 6.07) is 3.95. The van der Waals surface area contributed by atoms with Crippen LogP contribution in [0, 0.1) is 0 Å². The van der Waals surface area contributed by atoms with Gasteiger partial charge in [0.25, 0.3) is 5.91 Å². The average Bonchev–Trinajstić information content (AvgIpc) is 2.60. The topological polar surface area (TPSA) is 98.1 Å². The molecule has 0 saturated carbocycles. The van der Waals surface area contributed by atoms with Crippen LogP contribution in [0.5, 0.6) is 11.5 Å². The number of carbonyl (C=O) groups excluding carboxylic acids is 1. The Balaban J connectivity index is 2.30. The van der Waals surface area contributed by atoms with Gasteiger partial charge in [-0.2, -0.15) is 0 Å². The number of rotatable bonds is 3. The maximum atomic E-state index is 12.0. The molecule has 1 amide bonds. The molecule has 0 aromatic heterocycles. The number of phenolic OH excluding ortho intramolecular Hbond substituents is 2. The van der Waals surface area contributed by atoms with Gasteiger partial charge in [-0.25, -0.2) is 0 Å². The van der Waals surface area contributed by atoms with E-state index in [2.05, 4.69) is 0 Å². The van der Waals surface area contributed by atoms with Gasteiger partial charge in [0.15, 0.2) is 0 Å². The summed E-state index contributed by atoms with van der Waals surface area (Å²) in [7, 11) is 0. The van der Waals surface area contributed by atoms with Crippen molar-refractivity contribution in [2.24, 2.45) is 0 Å². The van der Waals surface area contributed by atoms with Gasteiger partial charge >= 0.3 is 5.97 Å². The van der Waals surface area contributed by atoms with Crippen molar-refractivity contribution >= 4 is 46.3 Å². The number of carboxylic acids is 1. The van der Waals surface area contributed by atoms with Gasteiger partial charge in [0, 0.05) is 11.6 Å². The number of hydrogen-bond donors (Lipinski definition) is 3. The monoisotopic (exact) mass is 311 g/mol. The first-order chi connectivity index (χ1) is 9.38. The molecule has 0 atom stereocenters. The van der Waals surface area contributed by atoms with E-state index < -0.39 is 18.4 Å². The van der Waals surface area contributed by atoms with Gasteiger partial charge in [0.05, 0.1) is 4.91 Å². The van der Waals surface area contributed by atoms with Crippen LogP contribution in [0.4, 0.5) is 0 Å². The van der Waals surface area contributed by atoms with Crippen LogP contribution in [-0.2, 0) is 9.59 Å². The molecule has 1 fully saturated rings. The number of benzene rings is 1. The SMILES string of the molecule is O=C(O)CN1C(=O)/C(=C\c2ccc(O)cc2O)SC1=S. The van der Waals surface area contributed by atoms with Crippen LogP contribution in [-0.4, -0.2) is 43.0 Å². The fraction of sp³-hybridized carbons (Fsp3) is 0.0833. The van der Waals surface area contributed by atoms with E-state index in [4.69, 9.17) is 17.3 Å². The lowest BCUT2D eigenvalue weighted by Gasteiger charge is -2.10. The molecular weight excluding hydrogens is 302 g/mol. The molecular formula is C12H9NO5S2. The summed E-state index contributed by atoms with van der Waals surface area (Å²) in [6.45, 7) is -0.496. The van der Waals surface area contributed by atoms with Crippen molar-refractivity contribution in [3.63, 3.8) is 0 Å². The molecule has 20 heavy (non-hydrogen) atoms. The second-order valence-electron chi connectivity index (χ2n) is 3.90. The lowest BCUT2D eigenvalue weighted by molar-refractivity contribution is -0.140. The van der Waals surface area contributed by atoms with Crippen LogP contribution >= 0.6 is 24.0 Å². The van der Waals surface area contributed by atoms with E-state index in [1.165, 1.54) is 18.2 Å². The highest BCUT2D eigenvalue weighted by atomic mass is 32.2. The molecule has 0 radical (unpaired) electrons. The number of nitrogens with zero attached hydrogens (tertiary/aromatic N) is 1. The molecule has 2 rings (SSSR count). The molecule has 0 aliphatic carbocycles. The van der Waals surface area contributed by atoms with E-state index in [-0.39, 0.29) is 20.7 Å². The van der Waals surface area contributed by atoms with Crippen molar-refractivity contribution in [1.29, 1.82) is 0 Å². The smallest absolute Gasteiger partial charge is 0.323 e. The predicted molar refractivity (Wildman–Crippen MR) is 77.3 cm³/mol. The first-order valence-electron chi connectivity index (χ1n) is 5.37. The Hall–Kier alpha value is -2.06. The minimum Gasteiger partial charge on any atom is -0.508 e. The quantitative estimate of drug-likeness (QED) is 0.573. The first-order valence-corrected chi connectivity index (χ1v) is 6.60. The maximum Gasteiger partial charge on any atom is 0.323 e. The highest BCUT2D eigenvalue weighted by molar-refractivity contribution is 8.26. The predicted octanol–water partition coefficient (Wildman–Crippen LogP) is 1.38. The Morgan fingerprint density at radius 3 is 2.70 bits per heavy atom. The van der Waals surface area contributed by atoms with Crippen molar-refractivity contribution in [3.05, 3.63) is 28.7 Å². The molecule has 1 aromatic carbocycles. The maximum absolute atomic E-state index is 12.0. The Morgan fingerprint density at radius 2 is 2.10 bits per heavy atom. The molecule has 0 bridgehead atoms. The van der Waals surface area contributed by atoms with Crippen LogP contribution in [0.15, 0.2) is 23.1 Å². The average molecular weight is 311 g/mol. The summed E-state index contributed by atoms with van der Waals surface area (Å²) in [4.78, 5) is 23.8. The van der Waals surface area contributed by atoms with Crippen LogP contribution in [0.1, 0.15) is 5.56 Å². The molecule has 3 N–H and O–H groups in total. The molecule has 104 valence electrons. The Bertz CT molecular complexity index is 641. The minimum absolute atomic E-state index is 0.0990. The number of thiocarbonyl (C=S) groups is 1. The zero-order valence-electron chi connectivity index (χ0n) is 9.94. The highest BCUT2D eigenvalue weighted by Gasteiger charge is 2.33. The van der Waals surface area contributed by atoms with Crippen molar-refractivity contribution in [2.45, 2.75) is 0 Å². The number of hydrogen-bond acceptors (Lipinski definition) is 6. The van der Waals surface area contributed by atoms with Gasteiger partial charge in [0.1, 0.15) is 22.4 Å². The molecule has 6 nitrogen and oxygen atoms in total. The highest BCUT2D eigenvalue weighted by Crippen LogP contribution is 2.34. The minimum atomic E-state index is -1.16. The molecule has 1 aliphatic rings. The number of aliphatic carboxylic acids is 1. The lowest BCUT2D eigenvalue weighted by Crippen LogP contribution is -2.33. The Kier molecular flexibility index (Phi) is 3.96. The van der Waals surface area contributed by atoms with E-state index in [1.54, 1.807) is 0 Å². The molecule has 1 aromatic rings. The molecule has 0 unspecified atom stereocenters. The zero-order chi connectivity index (χ0) is 14.9. The Labute approximate surface area is 123 Å². The van der Waals surface area contributed by atoms with Crippen molar-refractivity contribution in [1.82, 2.24) is 4.90 Å². The number of thioether (sulfide) groups is 1. The fourth-order valence-corrected chi connectivity index (χ4v) is 2.81. The summed E-state index contributed by atoms with van der Waals surface area (Å²) < 4.78 is 0.155.